The van der Waals surface area contributed by atoms with Gasteiger partial charge < -0.3 is 19.9 Å². The van der Waals surface area contributed by atoms with Crippen LogP contribution in [0.5, 0.6) is 0 Å². The highest BCUT2D eigenvalue weighted by Crippen LogP contribution is 2.23. The minimum atomic E-state index is -0.473. The maximum Gasteiger partial charge on any atom is 0.337 e. The molecule has 7 nitrogen and oxygen atoms in total. The van der Waals surface area contributed by atoms with Crippen molar-refractivity contribution < 1.29 is 14.1 Å². The molecule has 0 radical (unpaired) electrons. The summed E-state index contributed by atoms with van der Waals surface area (Å²) in [5.41, 5.74) is 1.60. The molecule has 0 bridgehead atoms. The van der Waals surface area contributed by atoms with Crippen molar-refractivity contribution in [3.8, 4) is 11.4 Å². The molecule has 0 atom stereocenters. The predicted octanol–water partition coefficient (Wildman–Crippen LogP) is 4.32. The van der Waals surface area contributed by atoms with Gasteiger partial charge in [0.05, 0.1) is 29.9 Å². The van der Waals surface area contributed by atoms with Gasteiger partial charge in [-0.2, -0.15) is 4.98 Å². The zero-order chi connectivity index (χ0) is 20.1. The third-order valence-corrected chi connectivity index (χ3v) is 4.43. The number of aromatic nitrogens is 2. The third kappa shape index (κ3) is 4.98. The number of anilines is 1. The zero-order valence-corrected chi connectivity index (χ0v) is 16.9. The summed E-state index contributed by atoms with van der Waals surface area (Å²) in [4.78, 5) is 15.9. The average molecular weight is 437 g/mol. The molecular formula is C18H14Cl2N4O3S. The second kappa shape index (κ2) is 9.01. The summed E-state index contributed by atoms with van der Waals surface area (Å²) in [6, 6.07) is 11.8. The second-order valence-corrected chi connectivity index (χ2v) is 6.76. The summed E-state index contributed by atoms with van der Waals surface area (Å²) in [5, 5.41) is 11.1. The van der Waals surface area contributed by atoms with Crippen LogP contribution in [0.25, 0.3) is 11.4 Å². The number of nitrogens with one attached hydrogen (secondary N) is 2. The number of hydrogen-bond acceptors (Lipinski definition) is 6. The minimum Gasteiger partial charge on any atom is -0.465 e. The van der Waals surface area contributed by atoms with Crippen molar-refractivity contribution in [2.24, 2.45) is 0 Å². The lowest BCUT2D eigenvalue weighted by Gasteiger charge is -2.11. The van der Waals surface area contributed by atoms with Gasteiger partial charge in [-0.25, -0.2) is 4.79 Å². The number of methoxy groups -OCH3 is 1. The van der Waals surface area contributed by atoms with E-state index in [1.807, 2.05) is 0 Å². The van der Waals surface area contributed by atoms with Crippen LogP contribution in [0.2, 0.25) is 10.0 Å². The predicted molar refractivity (Wildman–Crippen MR) is 111 cm³/mol. The fourth-order valence-corrected chi connectivity index (χ4v) is 2.70. The van der Waals surface area contributed by atoms with Crippen LogP contribution in [0, 0.1) is 0 Å². The molecule has 0 spiro atoms. The van der Waals surface area contributed by atoms with E-state index in [9.17, 15) is 4.79 Å². The van der Waals surface area contributed by atoms with Crippen molar-refractivity contribution in [3.63, 3.8) is 0 Å². The Morgan fingerprint density at radius 1 is 1.21 bits per heavy atom. The summed E-state index contributed by atoms with van der Waals surface area (Å²) < 4.78 is 9.90. The summed E-state index contributed by atoms with van der Waals surface area (Å²) in [7, 11) is 1.30. The van der Waals surface area contributed by atoms with Gasteiger partial charge in [0.15, 0.2) is 5.11 Å². The van der Waals surface area contributed by atoms with Crippen LogP contribution in [0.15, 0.2) is 47.0 Å². The number of esters is 1. The van der Waals surface area contributed by atoms with Crippen molar-refractivity contribution >= 4 is 52.2 Å². The van der Waals surface area contributed by atoms with Gasteiger partial charge >= 0.3 is 5.97 Å². The first-order valence-electron chi connectivity index (χ1n) is 7.97. The number of rotatable bonds is 5. The molecule has 28 heavy (non-hydrogen) atoms. The standard InChI is InChI=1S/C18H14Cl2N4O3S/c1-26-17(25)11-4-7-13(20)14(8-11)22-18(28)21-9-15-23-16(24-27-15)10-2-5-12(19)6-3-10/h2-8H,9H2,1H3,(H2,21,22,28). The molecule has 3 rings (SSSR count). The number of ether oxygens (including phenoxy) is 1. The smallest absolute Gasteiger partial charge is 0.337 e. The molecule has 2 N–H and O–H groups in total. The van der Waals surface area contributed by atoms with Crippen LogP contribution in [0.3, 0.4) is 0 Å². The Balaban J connectivity index is 1.61. The topological polar surface area (TPSA) is 89.3 Å². The van der Waals surface area contributed by atoms with E-state index < -0.39 is 5.97 Å². The molecule has 144 valence electrons. The van der Waals surface area contributed by atoms with Gasteiger partial charge in [-0.1, -0.05) is 28.4 Å². The molecule has 1 heterocycles. The summed E-state index contributed by atoms with van der Waals surface area (Å²) in [5.74, 6) is 0.323. The van der Waals surface area contributed by atoms with E-state index in [1.54, 1.807) is 42.5 Å². The SMILES string of the molecule is COC(=O)c1ccc(Cl)c(NC(=S)NCc2nc(-c3ccc(Cl)cc3)no2)c1. The van der Waals surface area contributed by atoms with Crippen molar-refractivity contribution in [1.29, 1.82) is 0 Å². The summed E-state index contributed by atoms with van der Waals surface area (Å²) in [6.45, 7) is 0.209. The van der Waals surface area contributed by atoms with E-state index >= 15 is 0 Å². The largest absolute Gasteiger partial charge is 0.465 e. The number of thiocarbonyl (C=S) groups is 1. The Labute approximate surface area is 176 Å². The number of hydrogen-bond donors (Lipinski definition) is 2. The van der Waals surface area contributed by atoms with Crippen LogP contribution in [-0.4, -0.2) is 28.3 Å². The van der Waals surface area contributed by atoms with Crippen LogP contribution >= 0.6 is 35.4 Å². The van der Waals surface area contributed by atoms with Crippen LogP contribution in [0.1, 0.15) is 16.2 Å². The highest BCUT2D eigenvalue weighted by atomic mass is 35.5. The second-order valence-electron chi connectivity index (χ2n) is 5.51. The Hall–Kier alpha value is -2.68. The molecule has 10 heteroatoms. The highest BCUT2D eigenvalue weighted by molar-refractivity contribution is 7.80. The molecule has 3 aromatic rings. The van der Waals surface area contributed by atoms with Gasteiger partial charge in [0, 0.05) is 10.6 Å². The Morgan fingerprint density at radius 3 is 2.68 bits per heavy atom. The number of nitrogens with zero attached hydrogens (tertiary/aromatic N) is 2. The van der Waals surface area contributed by atoms with Crippen LogP contribution in [-0.2, 0) is 11.3 Å². The number of halogens is 2. The molecule has 0 aliphatic carbocycles. The van der Waals surface area contributed by atoms with Gasteiger partial charge in [0.25, 0.3) is 0 Å². The molecule has 0 fully saturated rings. The van der Waals surface area contributed by atoms with E-state index in [0.717, 1.165) is 5.56 Å². The lowest BCUT2D eigenvalue weighted by atomic mass is 10.2. The van der Waals surface area contributed by atoms with E-state index in [4.69, 9.17) is 44.7 Å². The fraction of sp³-hybridized carbons (Fsp3) is 0.111. The molecule has 0 aliphatic rings. The zero-order valence-electron chi connectivity index (χ0n) is 14.5. The maximum absolute atomic E-state index is 11.6. The van der Waals surface area contributed by atoms with Crippen LogP contribution < -0.4 is 10.6 Å². The molecule has 0 unspecified atom stereocenters. The summed E-state index contributed by atoms with van der Waals surface area (Å²) >= 11 is 17.3. The highest BCUT2D eigenvalue weighted by Gasteiger charge is 2.12. The van der Waals surface area contributed by atoms with Crippen LogP contribution in [0.4, 0.5) is 5.69 Å². The van der Waals surface area contributed by atoms with Crippen molar-refractivity contribution in [3.05, 3.63) is 64.0 Å². The van der Waals surface area contributed by atoms with E-state index in [-0.39, 0.29) is 11.7 Å². The molecule has 0 aliphatic heterocycles. The van der Waals surface area contributed by atoms with E-state index in [1.165, 1.54) is 7.11 Å². The quantitative estimate of drug-likeness (QED) is 0.451. The summed E-state index contributed by atoms with van der Waals surface area (Å²) in [6.07, 6.45) is 0. The van der Waals surface area contributed by atoms with E-state index in [0.29, 0.717) is 33.0 Å². The van der Waals surface area contributed by atoms with E-state index in [2.05, 4.69) is 20.8 Å². The average Bonchev–Trinajstić information content (AvgIpc) is 3.17. The monoisotopic (exact) mass is 436 g/mol. The Morgan fingerprint density at radius 2 is 1.96 bits per heavy atom. The normalized spacial score (nSPS) is 10.4. The molecule has 0 saturated carbocycles. The fourth-order valence-electron chi connectivity index (χ4n) is 2.23. The van der Waals surface area contributed by atoms with Gasteiger partial charge in [0.2, 0.25) is 11.7 Å². The molecule has 0 amide bonds. The van der Waals surface area contributed by atoms with Crippen molar-refractivity contribution in [2.75, 3.05) is 12.4 Å². The van der Waals surface area contributed by atoms with Gasteiger partial charge in [-0.3, -0.25) is 0 Å². The van der Waals surface area contributed by atoms with Gasteiger partial charge in [-0.15, -0.1) is 0 Å². The molecule has 0 saturated heterocycles. The number of benzene rings is 2. The first kappa shape index (κ1) is 20.1. The van der Waals surface area contributed by atoms with Crippen molar-refractivity contribution in [1.82, 2.24) is 15.5 Å². The first-order chi connectivity index (χ1) is 13.5. The molecule has 1 aromatic heterocycles. The lowest BCUT2D eigenvalue weighted by molar-refractivity contribution is 0.0601. The Kier molecular flexibility index (Phi) is 6.45. The molecule has 2 aromatic carbocycles. The number of carbonyl (C=O) groups excluding carboxylic acids is 1. The Bertz CT molecular complexity index is 1010. The third-order valence-electron chi connectivity index (χ3n) is 3.61. The lowest BCUT2D eigenvalue weighted by Crippen LogP contribution is -2.28. The first-order valence-corrected chi connectivity index (χ1v) is 9.14. The number of carbonyl (C=O) groups is 1. The maximum atomic E-state index is 11.6. The molecular weight excluding hydrogens is 423 g/mol. The van der Waals surface area contributed by atoms with Gasteiger partial charge in [0.1, 0.15) is 0 Å². The van der Waals surface area contributed by atoms with Gasteiger partial charge in [-0.05, 0) is 54.7 Å². The van der Waals surface area contributed by atoms with Crippen molar-refractivity contribution in [2.45, 2.75) is 6.54 Å². The minimum absolute atomic E-state index is 0.209.